The average Bonchev–Trinajstić information content (AvgIpc) is 3.07. The summed E-state index contributed by atoms with van der Waals surface area (Å²) in [5.41, 5.74) is 3.45. The molecule has 1 aromatic heterocycles. The second-order valence-corrected chi connectivity index (χ2v) is 7.10. The van der Waals surface area contributed by atoms with Crippen LogP contribution in [0.4, 0.5) is 0 Å². The summed E-state index contributed by atoms with van der Waals surface area (Å²) < 4.78 is 6.07. The van der Waals surface area contributed by atoms with Gasteiger partial charge in [0.2, 0.25) is 0 Å². The number of unbranched alkanes of at least 4 members (excludes halogenated alkanes) is 1. The van der Waals surface area contributed by atoms with Crippen LogP contribution in [0.15, 0.2) is 48.5 Å². The third kappa shape index (κ3) is 4.64. The molecule has 1 unspecified atom stereocenters. The minimum Gasteiger partial charge on any atom is -0.493 e. The Morgan fingerprint density at radius 3 is 2.73 bits per heavy atom. The van der Waals surface area contributed by atoms with Crippen LogP contribution in [0.5, 0.6) is 5.75 Å². The van der Waals surface area contributed by atoms with Crippen molar-refractivity contribution in [3.05, 3.63) is 59.8 Å². The number of nitrogens with zero attached hydrogens (tertiary/aromatic N) is 2. The molecule has 3 rings (SSSR count). The topological polar surface area (TPSA) is 41.2 Å². The second kappa shape index (κ2) is 8.86. The number of H-pyrrole nitrogens is 1. The van der Waals surface area contributed by atoms with Gasteiger partial charge >= 0.3 is 0 Å². The first kappa shape index (κ1) is 18.5. The smallest absolute Gasteiger partial charge is 0.120 e. The molecule has 26 heavy (non-hydrogen) atoms. The van der Waals surface area contributed by atoms with Crippen molar-refractivity contribution < 1.29 is 4.74 Å². The number of rotatable bonds is 9. The van der Waals surface area contributed by atoms with Gasteiger partial charge < -0.3 is 9.64 Å². The lowest BCUT2D eigenvalue weighted by Gasteiger charge is -2.15. The van der Waals surface area contributed by atoms with Gasteiger partial charge in [-0.3, -0.25) is 5.10 Å². The van der Waals surface area contributed by atoms with E-state index in [1.54, 1.807) is 0 Å². The third-order valence-corrected chi connectivity index (χ3v) is 4.79. The molecule has 4 nitrogen and oxygen atoms in total. The number of nitrogens with one attached hydrogen (secondary N) is 1. The first-order chi connectivity index (χ1) is 12.7. The van der Waals surface area contributed by atoms with Gasteiger partial charge in [0.25, 0.3) is 0 Å². The summed E-state index contributed by atoms with van der Waals surface area (Å²) in [6.07, 6.45) is 2.43. The zero-order valence-corrected chi connectivity index (χ0v) is 16.0. The zero-order valence-electron chi connectivity index (χ0n) is 16.0. The van der Waals surface area contributed by atoms with Gasteiger partial charge in [-0.2, -0.15) is 5.10 Å². The molecule has 0 fully saturated rings. The van der Waals surface area contributed by atoms with Crippen molar-refractivity contribution in [2.75, 3.05) is 20.2 Å². The highest BCUT2D eigenvalue weighted by atomic mass is 16.5. The molecule has 0 aliphatic heterocycles. The molecule has 0 aliphatic rings. The molecule has 4 heteroatoms. The van der Waals surface area contributed by atoms with Crippen molar-refractivity contribution in [2.24, 2.45) is 0 Å². The van der Waals surface area contributed by atoms with E-state index >= 15 is 0 Å². The highest BCUT2D eigenvalue weighted by Gasteiger charge is 2.11. The maximum absolute atomic E-state index is 6.07. The lowest BCUT2D eigenvalue weighted by atomic mass is 10.0. The van der Waals surface area contributed by atoms with Gasteiger partial charge in [-0.1, -0.05) is 50.6 Å². The van der Waals surface area contributed by atoms with Gasteiger partial charge in [0.1, 0.15) is 5.75 Å². The summed E-state index contributed by atoms with van der Waals surface area (Å²) in [4.78, 5) is 2.33. The monoisotopic (exact) mass is 351 g/mol. The van der Waals surface area contributed by atoms with E-state index in [1.807, 2.05) is 18.2 Å². The number of aromatic nitrogens is 2. The number of hydrogen-bond acceptors (Lipinski definition) is 3. The van der Waals surface area contributed by atoms with Crippen molar-refractivity contribution in [2.45, 2.75) is 39.2 Å². The Morgan fingerprint density at radius 2 is 1.96 bits per heavy atom. The van der Waals surface area contributed by atoms with E-state index in [9.17, 15) is 0 Å². The maximum Gasteiger partial charge on any atom is 0.120 e. The van der Waals surface area contributed by atoms with Crippen molar-refractivity contribution in [3.63, 3.8) is 0 Å². The Balaban J connectivity index is 1.67. The van der Waals surface area contributed by atoms with E-state index in [2.05, 4.69) is 66.3 Å². The van der Waals surface area contributed by atoms with Crippen molar-refractivity contribution in [1.82, 2.24) is 15.1 Å². The van der Waals surface area contributed by atoms with Crippen LogP contribution in [-0.4, -0.2) is 35.3 Å². The van der Waals surface area contributed by atoms with Crippen LogP contribution in [0.1, 0.15) is 43.9 Å². The largest absolute Gasteiger partial charge is 0.493 e. The first-order valence-corrected chi connectivity index (χ1v) is 9.50. The van der Waals surface area contributed by atoms with Crippen LogP contribution >= 0.6 is 0 Å². The predicted octanol–water partition coefficient (Wildman–Crippen LogP) is 4.98. The fourth-order valence-corrected chi connectivity index (χ4v) is 3.13. The lowest BCUT2D eigenvalue weighted by Crippen LogP contribution is -2.19. The van der Waals surface area contributed by atoms with Gasteiger partial charge in [-0.25, -0.2) is 0 Å². The number of aromatic amines is 1. The molecule has 2 aromatic carbocycles. The maximum atomic E-state index is 6.07. The Hall–Kier alpha value is -2.33. The SMILES string of the molecule is CCCCN(C)Cc1[nH]nc2ccc(OCC(C)c3ccccc3)cc12. The Labute approximate surface area is 156 Å². The summed E-state index contributed by atoms with van der Waals surface area (Å²) in [7, 11) is 2.16. The molecule has 1 N–H and O–H groups in total. The molecule has 0 spiro atoms. The highest BCUT2D eigenvalue weighted by molar-refractivity contribution is 5.82. The molecule has 138 valence electrons. The summed E-state index contributed by atoms with van der Waals surface area (Å²) in [5, 5.41) is 8.77. The molecule has 1 heterocycles. The molecule has 0 radical (unpaired) electrons. The molecule has 3 aromatic rings. The van der Waals surface area contributed by atoms with Gasteiger partial charge in [0, 0.05) is 17.8 Å². The average molecular weight is 351 g/mol. The van der Waals surface area contributed by atoms with Crippen molar-refractivity contribution in [3.8, 4) is 5.75 Å². The highest BCUT2D eigenvalue weighted by Crippen LogP contribution is 2.24. The normalized spacial score (nSPS) is 12.6. The van der Waals surface area contributed by atoms with Gasteiger partial charge in [-0.05, 0) is 43.8 Å². The fourth-order valence-electron chi connectivity index (χ4n) is 3.13. The van der Waals surface area contributed by atoms with E-state index in [0.717, 1.165) is 35.4 Å². The second-order valence-electron chi connectivity index (χ2n) is 7.10. The van der Waals surface area contributed by atoms with Gasteiger partial charge in [-0.15, -0.1) is 0 Å². The molecular formula is C22H29N3O. The number of hydrogen-bond donors (Lipinski definition) is 1. The molecule has 0 saturated carbocycles. The van der Waals surface area contributed by atoms with E-state index in [4.69, 9.17) is 4.74 Å². The minimum absolute atomic E-state index is 0.357. The summed E-state index contributed by atoms with van der Waals surface area (Å²) in [6, 6.07) is 16.6. The third-order valence-electron chi connectivity index (χ3n) is 4.79. The quantitative estimate of drug-likeness (QED) is 0.591. The van der Waals surface area contributed by atoms with Crippen LogP contribution in [0.3, 0.4) is 0 Å². The molecule has 0 aliphatic carbocycles. The van der Waals surface area contributed by atoms with Crippen LogP contribution in [0, 0.1) is 0 Å². The Morgan fingerprint density at radius 1 is 1.15 bits per heavy atom. The van der Waals surface area contributed by atoms with E-state index in [1.165, 1.54) is 18.4 Å². The number of benzene rings is 2. The molecule has 0 saturated heterocycles. The van der Waals surface area contributed by atoms with Crippen LogP contribution in [0.25, 0.3) is 10.9 Å². The van der Waals surface area contributed by atoms with Crippen molar-refractivity contribution >= 4 is 10.9 Å². The molecule has 1 atom stereocenters. The molecule has 0 bridgehead atoms. The van der Waals surface area contributed by atoms with E-state index in [-0.39, 0.29) is 0 Å². The standard InChI is InChI=1S/C22H29N3O/c1-4-5-13-25(3)15-22-20-14-19(11-12-21(20)23-24-22)26-16-17(2)18-9-7-6-8-10-18/h6-12,14,17H,4-5,13,15-16H2,1-3H3,(H,23,24). The Kier molecular flexibility index (Phi) is 6.29. The Bertz CT molecular complexity index is 813. The number of ether oxygens (including phenoxy) is 1. The summed E-state index contributed by atoms with van der Waals surface area (Å²) >= 11 is 0. The van der Waals surface area contributed by atoms with Gasteiger partial charge in [0.15, 0.2) is 0 Å². The predicted molar refractivity (Wildman–Crippen MR) is 108 cm³/mol. The van der Waals surface area contributed by atoms with Gasteiger partial charge in [0.05, 0.1) is 17.8 Å². The van der Waals surface area contributed by atoms with Crippen LogP contribution in [-0.2, 0) is 6.54 Å². The number of fused-ring (bicyclic) bond motifs is 1. The summed E-state index contributed by atoms with van der Waals surface area (Å²) in [5.74, 6) is 1.26. The zero-order chi connectivity index (χ0) is 18.4. The first-order valence-electron chi connectivity index (χ1n) is 9.50. The fraction of sp³-hybridized carbons (Fsp3) is 0.409. The lowest BCUT2D eigenvalue weighted by molar-refractivity contribution is 0.296. The minimum atomic E-state index is 0.357. The molecule has 0 amide bonds. The summed E-state index contributed by atoms with van der Waals surface area (Å²) in [6.45, 7) is 7.06. The van der Waals surface area contributed by atoms with E-state index < -0.39 is 0 Å². The van der Waals surface area contributed by atoms with Crippen LogP contribution in [0.2, 0.25) is 0 Å². The molecular weight excluding hydrogens is 322 g/mol. The van der Waals surface area contributed by atoms with E-state index in [0.29, 0.717) is 12.5 Å². The van der Waals surface area contributed by atoms with Crippen LogP contribution < -0.4 is 4.74 Å². The van der Waals surface area contributed by atoms with Crippen molar-refractivity contribution in [1.29, 1.82) is 0 Å².